The van der Waals surface area contributed by atoms with Crippen LogP contribution in [0.1, 0.15) is 0 Å². The number of hydrogen-bond acceptors (Lipinski definition) is 5. The van der Waals surface area contributed by atoms with Gasteiger partial charge in [-0.15, -0.1) is 0 Å². The fourth-order valence-electron chi connectivity index (χ4n) is 2.33. The van der Waals surface area contributed by atoms with Gasteiger partial charge in [-0.25, -0.2) is 19.3 Å². The van der Waals surface area contributed by atoms with E-state index in [0.717, 1.165) is 10.9 Å². The molecule has 0 radical (unpaired) electrons. The summed E-state index contributed by atoms with van der Waals surface area (Å²) in [4.78, 5) is 20.0. The van der Waals surface area contributed by atoms with Gasteiger partial charge in [0, 0.05) is 24.1 Å². The Bertz CT molecular complexity index is 839. The maximum atomic E-state index is 11.9. The summed E-state index contributed by atoms with van der Waals surface area (Å²) in [6, 6.07) is 8.71. The second-order valence-electron chi connectivity index (χ2n) is 4.53. The number of amides is 1. The first kappa shape index (κ1) is 12.9. The second-order valence-corrected chi connectivity index (χ2v) is 4.53. The number of nitrogen functional groups attached to an aromatic ring is 2. The third-order valence-corrected chi connectivity index (χ3v) is 3.26. The minimum atomic E-state index is -0.290. The van der Waals surface area contributed by atoms with E-state index in [0.29, 0.717) is 22.8 Å². The van der Waals surface area contributed by atoms with Crippen LogP contribution >= 0.6 is 0 Å². The SMILES string of the molecule is CNC(=O)n1c(N)cc2c(-c3cc(N)ncn3)cccc21. The third kappa shape index (κ3) is 2.04. The van der Waals surface area contributed by atoms with Crippen LogP contribution in [0.15, 0.2) is 36.7 Å². The number of aromatic nitrogens is 3. The average Bonchev–Trinajstić information content (AvgIpc) is 2.82. The topological polar surface area (TPSA) is 112 Å². The molecular formula is C14H14N6O. The molecule has 1 aromatic carbocycles. The van der Waals surface area contributed by atoms with Crippen LogP contribution in [0.5, 0.6) is 0 Å². The minimum Gasteiger partial charge on any atom is -0.385 e. The first-order valence-corrected chi connectivity index (χ1v) is 6.31. The lowest BCUT2D eigenvalue weighted by Gasteiger charge is -2.06. The van der Waals surface area contributed by atoms with E-state index in [9.17, 15) is 4.79 Å². The van der Waals surface area contributed by atoms with Gasteiger partial charge in [0.2, 0.25) is 0 Å². The van der Waals surface area contributed by atoms with E-state index in [1.54, 1.807) is 19.2 Å². The zero-order valence-corrected chi connectivity index (χ0v) is 11.4. The molecule has 0 unspecified atom stereocenters. The smallest absolute Gasteiger partial charge is 0.327 e. The van der Waals surface area contributed by atoms with Crippen molar-refractivity contribution in [1.82, 2.24) is 19.9 Å². The van der Waals surface area contributed by atoms with Crippen molar-refractivity contribution in [2.75, 3.05) is 18.5 Å². The van der Waals surface area contributed by atoms with Gasteiger partial charge in [0.25, 0.3) is 0 Å². The minimum absolute atomic E-state index is 0.290. The molecule has 0 spiro atoms. The van der Waals surface area contributed by atoms with E-state index in [2.05, 4.69) is 15.3 Å². The second kappa shape index (κ2) is 4.78. The number of nitrogens with two attached hydrogens (primary N) is 2. The monoisotopic (exact) mass is 282 g/mol. The Hall–Kier alpha value is -3.09. The number of carbonyl (C=O) groups is 1. The molecule has 3 rings (SSSR count). The summed E-state index contributed by atoms with van der Waals surface area (Å²) in [5.74, 6) is 0.745. The zero-order valence-electron chi connectivity index (χ0n) is 11.4. The predicted octanol–water partition coefficient (Wildman–Crippen LogP) is 1.45. The molecule has 3 aromatic rings. The lowest BCUT2D eigenvalue weighted by Crippen LogP contribution is -2.25. The van der Waals surface area contributed by atoms with Crippen molar-refractivity contribution in [3.63, 3.8) is 0 Å². The van der Waals surface area contributed by atoms with E-state index in [4.69, 9.17) is 11.5 Å². The van der Waals surface area contributed by atoms with Crippen LogP contribution in [0.25, 0.3) is 22.2 Å². The molecule has 0 atom stereocenters. The van der Waals surface area contributed by atoms with E-state index in [-0.39, 0.29) is 6.03 Å². The van der Waals surface area contributed by atoms with Gasteiger partial charge in [0.15, 0.2) is 0 Å². The van der Waals surface area contributed by atoms with Gasteiger partial charge < -0.3 is 16.8 Å². The molecule has 21 heavy (non-hydrogen) atoms. The molecule has 0 saturated heterocycles. The molecule has 0 saturated carbocycles. The molecule has 7 heteroatoms. The van der Waals surface area contributed by atoms with Gasteiger partial charge >= 0.3 is 6.03 Å². The molecule has 2 heterocycles. The van der Waals surface area contributed by atoms with Crippen molar-refractivity contribution in [3.05, 3.63) is 36.7 Å². The molecule has 106 valence electrons. The number of nitrogens with zero attached hydrogens (tertiary/aromatic N) is 3. The Morgan fingerprint density at radius 1 is 1.24 bits per heavy atom. The van der Waals surface area contributed by atoms with Crippen LogP contribution in [-0.2, 0) is 0 Å². The largest absolute Gasteiger partial charge is 0.385 e. The maximum Gasteiger partial charge on any atom is 0.327 e. The maximum absolute atomic E-state index is 11.9. The number of benzene rings is 1. The number of hydrogen-bond donors (Lipinski definition) is 3. The number of nitrogens with one attached hydrogen (secondary N) is 1. The van der Waals surface area contributed by atoms with Crippen molar-refractivity contribution >= 4 is 28.6 Å². The summed E-state index contributed by atoms with van der Waals surface area (Å²) in [5.41, 5.74) is 13.9. The highest BCUT2D eigenvalue weighted by molar-refractivity contribution is 6.02. The van der Waals surface area contributed by atoms with Crippen molar-refractivity contribution in [3.8, 4) is 11.3 Å². The Labute approximate surface area is 120 Å². The molecular weight excluding hydrogens is 268 g/mol. The molecule has 2 aromatic heterocycles. The predicted molar refractivity (Wildman–Crippen MR) is 81.6 cm³/mol. The highest BCUT2D eigenvalue weighted by Crippen LogP contribution is 2.31. The van der Waals surface area contributed by atoms with Crippen LogP contribution in [-0.4, -0.2) is 27.6 Å². The van der Waals surface area contributed by atoms with Gasteiger partial charge in [-0.05, 0) is 12.1 Å². The summed E-state index contributed by atoms with van der Waals surface area (Å²) in [7, 11) is 1.56. The molecule has 0 fully saturated rings. The quantitative estimate of drug-likeness (QED) is 0.625. The van der Waals surface area contributed by atoms with Gasteiger partial charge in [0.05, 0.1) is 11.2 Å². The summed E-state index contributed by atoms with van der Waals surface area (Å²) in [6.07, 6.45) is 1.41. The van der Waals surface area contributed by atoms with Gasteiger partial charge in [-0.2, -0.15) is 0 Å². The van der Waals surface area contributed by atoms with Crippen LogP contribution in [0, 0.1) is 0 Å². The van der Waals surface area contributed by atoms with Crippen molar-refractivity contribution < 1.29 is 4.79 Å². The van der Waals surface area contributed by atoms with Gasteiger partial charge in [0.1, 0.15) is 18.0 Å². The average molecular weight is 282 g/mol. The molecule has 0 bridgehead atoms. The lowest BCUT2D eigenvalue weighted by atomic mass is 10.1. The molecule has 0 aliphatic heterocycles. The Balaban J connectivity index is 2.29. The van der Waals surface area contributed by atoms with Crippen LogP contribution in [0.3, 0.4) is 0 Å². The third-order valence-electron chi connectivity index (χ3n) is 3.26. The summed E-state index contributed by atoms with van der Waals surface area (Å²) < 4.78 is 1.42. The summed E-state index contributed by atoms with van der Waals surface area (Å²) >= 11 is 0. The Kier molecular flexibility index (Phi) is 2.94. The van der Waals surface area contributed by atoms with Crippen molar-refractivity contribution in [2.45, 2.75) is 0 Å². The first-order valence-electron chi connectivity index (χ1n) is 6.31. The fraction of sp³-hybridized carbons (Fsp3) is 0.0714. The molecule has 7 nitrogen and oxygen atoms in total. The fourth-order valence-corrected chi connectivity index (χ4v) is 2.33. The van der Waals surface area contributed by atoms with Gasteiger partial charge in [-0.1, -0.05) is 12.1 Å². The van der Waals surface area contributed by atoms with E-state index < -0.39 is 0 Å². The van der Waals surface area contributed by atoms with Crippen molar-refractivity contribution in [1.29, 1.82) is 0 Å². The summed E-state index contributed by atoms with van der Waals surface area (Å²) in [5, 5.41) is 3.40. The number of fused-ring (bicyclic) bond motifs is 1. The molecule has 1 amide bonds. The van der Waals surface area contributed by atoms with E-state index in [1.165, 1.54) is 10.9 Å². The standard InChI is InChI=1S/C14H14N6O/c1-17-14(21)20-11-4-2-3-8(9(11)5-13(20)16)10-6-12(15)19-7-18-10/h2-7H,16H2,1H3,(H,17,21)(H2,15,18,19). The van der Waals surface area contributed by atoms with E-state index >= 15 is 0 Å². The molecule has 0 aliphatic rings. The number of anilines is 2. The van der Waals surface area contributed by atoms with E-state index in [1.807, 2.05) is 18.2 Å². The zero-order chi connectivity index (χ0) is 15.0. The number of carbonyl (C=O) groups excluding carboxylic acids is 1. The lowest BCUT2D eigenvalue weighted by molar-refractivity contribution is 0.245. The molecule has 0 aliphatic carbocycles. The Morgan fingerprint density at radius 3 is 2.76 bits per heavy atom. The number of rotatable bonds is 1. The van der Waals surface area contributed by atoms with Gasteiger partial charge in [-0.3, -0.25) is 0 Å². The van der Waals surface area contributed by atoms with Crippen LogP contribution < -0.4 is 16.8 Å². The van der Waals surface area contributed by atoms with Crippen molar-refractivity contribution in [2.24, 2.45) is 0 Å². The normalized spacial score (nSPS) is 10.7. The Morgan fingerprint density at radius 2 is 2.05 bits per heavy atom. The molecule has 5 N–H and O–H groups in total. The van der Waals surface area contributed by atoms with Crippen LogP contribution in [0.4, 0.5) is 16.4 Å². The summed E-state index contributed by atoms with van der Waals surface area (Å²) in [6.45, 7) is 0. The van der Waals surface area contributed by atoms with Crippen LogP contribution in [0.2, 0.25) is 0 Å². The highest BCUT2D eigenvalue weighted by atomic mass is 16.2. The highest BCUT2D eigenvalue weighted by Gasteiger charge is 2.15. The first-order chi connectivity index (χ1) is 10.1.